The van der Waals surface area contributed by atoms with Gasteiger partial charge in [-0.25, -0.2) is 0 Å². The first kappa shape index (κ1) is 18.2. The smallest absolute Gasteiger partial charge is 2.00 e. The van der Waals surface area contributed by atoms with E-state index in [0.717, 1.165) is 0 Å². The van der Waals surface area contributed by atoms with Crippen LogP contribution >= 0.6 is 0 Å². The maximum Gasteiger partial charge on any atom is -2.00 e. The van der Waals surface area contributed by atoms with E-state index in [9.17, 15) is 0 Å². The molecular weight excluding hydrogens is 311 g/mol. The Morgan fingerprint density at radius 2 is 1.19 bits per heavy atom. The second kappa shape index (κ2) is 17.2. The van der Waals surface area contributed by atoms with Crippen LogP contribution in [-0.2, 0) is 14.9 Å². The fraction of sp³-hybridized carbons (Fsp3) is 0.667. The quantitative estimate of drug-likeness (QED) is 0.545. The minimum Gasteiger partial charge on any atom is -2.00 e. The molecule has 0 atom stereocenters. The summed E-state index contributed by atoms with van der Waals surface area (Å²) in [6, 6.07) is 0. The Morgan fingerprint density at radius 1 is 0.812 bits per heavy atom. The monoisotopic (exact) mass is 334 g/mol. The van der Waals surface area contributed by atoms with Gasteiger partial charge in [-0.3, -0.25) is 0 Å². The molecular formula is C12H22O3Sn. The van der Waals surface area contributed by atoms with Crippen LogP contribution in [-0.4, -0.2) is 21.1 Å². The van der Waals surface area contributed by atoms with Gasteiger partial charge in [-0.05, 0) is 0 Å². The van der Waals surface area contributed by atoms with Crippen LogP contribution < -0.4 is 0 Å². The second-order valence-corrected chi connectivity index (χ2v) is 7.55. The van der Waals surface area contributed by atoms with Crippen molar-refractivity contribution in [3.8, 4) is 0 Å². The number of hydrogen-bond donors (Lipinski definition) is 0. The molecule has 0 fully saturated rings. The molecule has 0 aromatic rings. The second-order valence-electron chi connectivity index (χ2n) is 3.27. The van der Waals surface area contributed by atoms with E-state index in [1.165, 1.54) is 50.7 Å². The zero-order valence-corrected chi connectivity index (χ0v) is 13.1. The molecule has 0 saturated heterocycles. The van der Waals surface area contributed by atoms with Crippen LogP contribution in [0.4, 0.5) is 0 Å². The predicted molar refractivity (Wildman–Crippen MR) is 66.3 cm³/mol. The van der Waals surface area contributed by atoms with Crippen molar-refractivity contribution in [2.45, 2.75) is 48.4 Å². The third-order valence-corrected chi connectivity index (χ3v) is 5.88. The molecule has 0 saturated carbocycles. The van der Waals surface area contributed by atoms with Crippen molar-refractivity contribution in [3.05, 3.63) is 25.0 Å². The first-order chi connectivity index (χ1) is 7.41. The van der Waals surface area contributed by atoms with Gasteiger partial charge in [0.2, 0.25) is 0 Å². The van der Waals surface area contributed by atoms with E-state index in [4.69, 9.17) is 0 Å². The van der Waals surface area contributed by atoms with Crippen LogP contribution in [0.15, 0.2) is 25.0 Å². The van der Waals surface area contributed by atoms with Crippen molar-refractivity contribution in [1.82, 2.24) is 0 Å². The SMILES string of the molecule is C1=COC=CO1.CCC[CH2][Sn+2][CH2]CCC.[O-2]. The molecule has 1 heterocycles. The molecule has 0 aliphatic carbocycles. The molecule has 0 radical (unpaired) electrons. The molecule has 0 aromatic heterocycles. The first-order valence-electron chi connectivity index (χ1n) is 5.73. The Balaban J connectivity index is 0. The summed E-state index contributed by atoms with van der Waals surface area (Å²) in [6.45, 7) is 4.58. The Kier molecular flexibility index (Phi) is 19.6. The predicted octanol–water partition coefficient (Wildman–Crippen LogP) is 3.98. The zero-order chi connectivity index (χ0) is 11.2. The van der Waals surface area contributed by atoms with Gasteiger partial charge in [0.05, 0.1) is 0 Å². The fourth-order valence-corrected chi connectivity index (χ4v) is 5.11. The number of ether oxygens (including phenoxy) is 2. The van der Waals surface area contributed by atoms with E-state index in [1.54, 1.807) is 8.87 Å². The molecule has 16 heavy (non-hydrogen) atoms. The van der Waals surface area contributed by atoms with Crippen molar-refractivity contribution in [1.29, 1.82) is 0 Å². The zero-order valence-electron chi connectivity index (χ0n) is 10.3. The first-order valence-corrected chi connectivity index (χ1v) is 9.77. The summed E-state index contributed by atoms with van der Waals surface area (Å²) in [4.78, 5) is 0. The molecule has 3 nitrogen and oxygen atoms in total. The normalized spacial score (nSPS) is 11.1. The van der Waals surface area contributed by atoms with Crippen LogP contribution in [0.25, 0.3) is 0 Å². The van der Waals surface area contributed by atoms with Crippen molar-refractivity contribution in [2.24, 2.45) is 0 Å². The van der Waals surface area contributed by atoms with Gasteiger partial charge in [0.25, 0.3) is 0 Å². The van der Waals surface area contributed by atoms with Crippen molar-refractivity contribution >= 4 is 21.1 Å². The van der Waals surface area contributed by atoms with E-state index in [0.29, 0.717) is 0 Å². The molecule has 4 heteroatoms. The van der Waals surface area contributed by atoms with Gasteiger partial charge in [-0.1, -0.05) is 0 Å². The molecule has 1 rings (SSSR count). The largest absolute Gasteiger partial charge is 2.00 e. The van der Waals surface area contributed by atoms with Crippen LogP contribution in [0, 0.1) is 0 Å². The van der Waals surface area contributed by atoms with Gasteiger partial charge >= 0.3 is 69.5 Å². The molecule has 0 unspecified atom stereocenters. The average Bonchev–Trinajstić information content (AvgIpc) is 2.32. The Morgan fingerprint density at radius 3 is 1.44 bits per heavy atom. The summed E-state index contributed by atoms with van der Waals surface area (Å²) in [5.74, 6) is 0. The average molecular weight is 333 g/mol. The van der Waals surface area contributed by atoms with Gasteiger partial charge in [0.15, 0.2) is 0 Å². The third kappa shape index (κ3) is 16.3. The van der Waals surface area contributed by atoms with Crippen molar-refractivity contribution < 1.29 is 14.9 Å². The molecule has 0 spiro atoms. The van der Waals surface area contributed by atoms with Gasteiger partial charge in [-0.2, -0.15) is 0 Å². The summed E-state index contributed by atoms with van der Waals surface area (Å²) in [5.41, 5.74) is 0. The summed E-state index contributed by atoms with van der Waals surface area (Å²) >= 11 is 0.149. The standard InChI is InChI=1S/C4H4O2.2C4H9.O.Sn/c1-2-6-4-3-5-1;2*1-3-4-2;;/h1-4H;2*1,3-4H2,2H3;;/q;;;-2;+2. The Hall–Kier alpha value is -0.161. The molecule has 1 aliphatic heterocycles. The molecule has 92 valence electrons. The maximum atomic E-state index is 4.58. The van der Waals surface area contributed by atoms with Gasteiger partial charge in [-0.15, -0.1) is 0 Å². The molecule has 1 aliphatic rings. The summed E-state index contributed by atoms with van der Waals surface area (Å²) in [5, 5.41) is 0. The Labute approximate surface area is 109 Å². The van der Waals surface area contributed by atoms with Crippen LogP contribution in [0.5, 0.6) is 0 Å². The number of rotatable bonds is 6. The summed E-state index contributed by atoms with van der Waals surface area (Å²) in [7, 11) is 0. The van der Waals surface area contributed by atoms with Crippen LogP contribution in [0.2, 0.25) is 8.87 Å². The molecule has 0 bridgehead atoms. The van der Waals surface area contributed by atoms with E-state index in [-0.39, 0.29) is 26.6 Å². The van der Waals surface area contributed by atoms with Gasteiger partial charge in [0.1, 0.15) is 25.0 Å². The molecule has 0 amide bonds. The van der Waals surface area contributed by atoms with Crippen LogP contribution in [0.1, 0.15) is 39.5 Å². The van der Waals surface area contributed by atoms with Crippen LogP contribution in [0.3, 0.4) is 0 Å². The minimum atomic E-state index is 0. The van der Waals surface area contributed by atoms with Gasteiger partial charge in [0, 0.05) is 0 Å². The summed E-state index contributed by atoms with van der Waals surface area (Å²) < 4.78 is 12.4. The maximum absolute atomic E-state index is 4.58. The van der Waals surface area contributed by atoms with Crippen molar-refractivity contribution in [3.63, 3.8) is 0 Å². The Bertz CT molecular complexity index is 144. The van der Waals surface area contributed by atoms with Gasteiger partial charge < -0.3 is 14.9 Å². The van der Waals surface area contributed by atoms with E-state index >= 15 is 0 Å². The van der Waals surface area contributed by atoms with E-state index in [2.05, 4.69) is 23.3 Å². The van der Waals surface area contributed by atoms with Crippen molar-refractivity contribution in [2.75, 3.05) is 0 Å². The summed E-state index contributed by atoms with van der Waals surface area (Å²) in [6.07, 6.45) is 11.7. The number of hydrogen-bond acceptors (Lipinski definition) is 2. The van der Waals surface area contributed by atoms with E-state index in [1.807, 2.05) is 0 Å². The van der Waals surface area contributed by atoms with E-state index < -0.39 is 0 Å². The third-order valence-electron chi connectivity index (χ3n) is 1.84. The number of unbranched alkanes of at least 4 members (excludes halogenated alkanes) is 2. The molecule has 0 N–H and O–H groups in total. The topological polar surface area (TPSA) is 47.0 Å². The fourth-order valence-electron chi connectivity index (χ4n) is 0.948. The molecule has 0 aromatic carbocycles. The minimum absolute atomic E-state index is 0.